The fourth-order valence-corrected chi connectivity index (χ4v) is 3.30. The lowest BCUT2D eigenvalue weighted by atomic mass is 9.95. The molecule has 0 radical (unpaired) electrons. The number of benzene rings is 1. The van der Waals surface area contributed by atoms with Gasteiger partial charge in [0.1, 0.15) is 0 Å². The molecule has 0 atom stereocenters. The number of carbonyl (C=O) groups is 1. The quantitative estimate of drug-likeness (QED) is 0.496. The highest BCUT2D eigenvalue weighted by atomic mass is 35.5. The molecule has 0 aliphatic carbocycles. The topological polar surface area (TPSA) is 60.7 Å². The Hall–Kier alpha value is -3.05. The van der Waals surface area contributed by atoms with Crippen LogP contribution in [-0.2, 0) is 6.54 Å². The molecule has 0 amide bonds. The third-order valence-corrected chi connectivity index (χ3v) is 4.49. The minimum atomic E-state index is 0.503. The van der Waals surface area contributed by atoms with E-state index in [2.05, 4.69) is 10.1 Å². The highest BCUT2D eigenvalue weighted by Gasteiger charge is 2.20. The van der Waals surface area contributed by atoms with Gasteiger partial charge in [0, 0.05) is 46.6 Å². The summed E-state index contributed by atoms with van der Waals surface area (Å²) in [7, 11) is 0. The van der Waals surface area contributed by atoms with Gasteiger partial charge in [-0.25, -0.2) is 9.67 Å². The Bertz CT molecular complexity index is 1110. The lowest BCUT2D eigenvalue weighted by Gasteiger charge is -2.13. The van der Waals surface area contributed by atoms with Crippen molar-refractivity contribution in [1.29, 1.82) is 0 Å². The molecule has 3 heterocycles. The molecule has 128 valence electrons. The van der Waals surface area contributed by atoms with Crippen LogP contribution in [0.2, 0.25) is 5.02 Å². The van der Waals surface area contributed by atoms with Gasteiger partial charge in [0.2, 0.25) is 0 Å². The maximum Gasteiger partial charge on any atom is 0.159 e. The minimum absolute atomic E-state index is 0.503. The molecule has 1 aromatic carbocycles. The zero-order valence-electron chi connectivity index (χ0n) is 14.1. The first-order chi connectivity index (χ1) is 12.7. The zero-order valence-corrected chi connectivity index (χ0v) is 14.8. The smallest absolute Gasteiger partial charge is 0.159 e. The van der Waals surface area contributed by atoms with Gasteiger partial charge in [0.25, 0.3) is 0 Å². The summed E-state index contributed by atoms with van der Waals surface area (Å²) >= 11 is 6.14. The Morgan fingerprint density at radius 1 is 1.12 bits per heavy atom. The van der Waals surface area contributed by atoms with E-state index >= 15 is 0 Å². The average Bonchev–Trinajstić information content (AvgIpc) is 3.09. The van der Waals surface area contributed by atoms with Crippen molar-refractivity contribution < 1.29 is 4.79 Å². The second-order valence-electron chi connectivity index (χ2n) is 5.82. The highest BCUT2D eigenvalue weighted by molar-refractivity contribution is 6.30. The van der Waals surface area contributed by atoms with Crippen LogP contribution in [0.4, 0.5) is 0 Å². The Kier molecular flexibility index (Phi) is 4.22. The van der Waals surface area contributed by atoms with E-state index in [1.807, 2.05) is 41.9 Å². The first-order valence-corrected chi connectivity index (χ1v) is 8.61. The molecule has 5 nitrogen and oxygen atoms in total. The second-order valence-corrected chi connectivity index (χ2v) is 6.26. The van der Waals surface area contributed by atoms with Crippen LogP contribution in [0, 0.1) is 0 Å². The van der Waals surface area contributed by atoms with Gasteiger partial charge >= 0.3 is 0 Å². The van der Waals surface area contributed by atoms with E-state index in [0.717, 1.165) is 34.0 Å². The number of pyridine rings is 2. The van der Waals surface area contributed by atoms with Crippen LogP contribution in [0.25, 0.3) is 33.4 Å². The lowest BCUT2D eigenvalue weighted by Crippen LogP contribution is -2.02. The summed E-state index contributed by atoms with van der Waals surface area (Å²) in [5.41, 5.74) is 4.24. The van der Waals surface area contributed by atoms with E-state index in [1.54, 1.807) is 24.7 Å². The second kappa shape index (κ2) is 6.69. The van der Waals surface area contributed by atoms with Crippen LogP contribution in [0.3, 0.4) is 0 Å². The van der Waals surface area contributed by atoms with Gasteiger partial charge in [-0.05, 0) is 13.0 Å². The van der Waals surface area contributed by atoms with E-state index in [0.29, 0.717) is 22.8 Å². The average molecular weight is 363 g/mol. The van der Waals surface area contributed by atoms with Crippen molar-refractivity contribution in [2.75, 3.05) is 0 Å². The summed E-state index contributed by atoms with van der Waals surface area (Å²) in [6, 6.07) is 11.5. The highest BCUT2D eigenvalue weighted by Crippen LogP contribution is 2.36. The molecule has 0 spiro atoms. The van der Waals surface area contributed by atoms with E-state index in [-0.39, 0.29) is 0 Å². The fraction of sp³-hybridized carbons (Fsp3) is 0.100. The number of nitrogens with zero attached hydrogens (tertiary/aromatic N) is 4. The molecule has 4 rings (SSSR count). The standard InChI is InChI=1S/C20H15ClN4O/c1-2-25-20-16(11-23-25)18(14-8-15(21)10-22-9-14)17(12-26)19(24-20)13-6-4-3-5-7-13/h3-12H,2H2,1H3. The predicted octanol–water partition coefficient (Wildman–Crippen LogP) is 4.65. The SMILES string of the molecule is CCn1ncc2c(-c3cncc(Cl)c3)c(C=O)c(-c3ccccc3)nc21. The molecule has 0 N–H and O–H groups in total. The Morgan fingerprint density at radius 3 is 2.62 bits per heavy atom. The van der Waals surface area contributed by atoms with Gasteiger partial charge < -0.3 is 0 Å². The lowest BCUT2D eigenvalue weighted by molar-refractivity contribution is 0.112. The molecular weight excluding hydrogens is 348 g/mol. The van der Waals surface area contributed by atoms with Crippen molar-refractivity contribution in [2.24, 2.45) is 0 Å². The minimum Gasteiger partial charge on any atom is -0.298 e. The molecule has 4 aromatic rings. The molecule has 0 unspecified atom stereocenters. The molecular formula is C20H15ClN4O. The Balaban J connectivity index is 2.14. The van der Waals surface area contributed by atoms with E-state index in [1.165, 1.54) is 0 Å². The summed E-state index contributed by atoms with van der Waals surface area (Å²) in [6.45, 7) is 2.68. The van der Waals surface area contributed by atoms with Gasteiger partial charge in [-0.3, -0.25) is 9.78 Å². The summed E-state index contributed by atoms with van der Waals surface area (Å²) in [4.78, 5) is 21.0. The molecule has 0 aliphatic rings. The largest absolute Gasteiger partial charge is 0.298 e. The van der Waals surface area contributed by atoms with Gasteiger partial charge in [-0.2, -0.15) is 5.10 Å². The van der Waals surface area contributed by atoms with Crippen molar-refractivity contribution in [3.8, 4) is 22.4 Å². The van der Waals surface area contributed by atoms with E-state index < -0.39 is 0 Å². The number of hydrogen-bond donors (Lipinski definition) is 0. The first-order valence-electron chi connectivity index (χ1n) is 8.24. The zero-order chi connectivity index (χ0) is 18.1. The van der Waals surface area contributed by atoms with Crippen LogP contribution in [0.1, 0.15) is 17.3 Å². The summed E-state index contributed by atoms with van der Waals surface area (Å²) < 4.78 is 1.82. The van der Waals surface area contributed by atoms with Crippen LogP contribution >= 0.6 is 11.6 Å². The molecule has 0 bridgehead atoms. The molecule has 3 aromatic heterocycles. The molecule has 0 aliphatic heterocycles. The normalized spacial score (nSPS) is 11.0. The molecule has 0 saturated carbocycles. The van der Waals surface area contributed by atoms with Crippen molar-refractivity contribution in [1.82, 2.24) is 19.7 Å². The number of fused-ring (bicyclic) bond motifs is 1. The fourth-order valence-electron chi connectivity index (χ4n) is 3.12. The summed E-state index contributed by atoms with van der Waals surface area (Å²) in [6.07, 6.45) is 5.85. The van der Waals surface area contributed by atoms with Crippen molar-refractivity contribution in [3.63, 3.8) is 0 Å². The molecule has 0 saturated heterocycles. The van der Waals surface area contributed by atoms with Crippen LogP contribution < -0.4 is 0 Å². The predicted molar refractivity (Wildman–Crippen MR) is 102 cm³/mol. The maximum absolute atomic E-state index is 12.1. The Morgan fingerprint density at radius 2 is 1.92 bits per heavy atom. The van der Waals surface area contributed by atoms with Crippen LogP contribution in [0.5, 0.6) is 0 Å². The number of aromatic nitrogens is 4. The monoisotopic (exact) mass is 362 g/mol. The molecule has 6 heteroatoms. The number of aldehydes is 1. The summed E-state index contributed by atoms with van der Waals surface area (Å²) in [5, 5.41) is 5.73. The molecule has 26 heavy (non-hydrogen) atoms. The van der Waals surface area contributed by atoms with Crippen molar-refractivity contribution in [2.45, 2.75) is 13.5 Å². The third kappa shape index (κ3) is 2.66. The number of halogens is 1. The number of rotatable bonds is 4. The first kappa shape index (κ1) is 16.4. The third-order valence-electron chi connectivity index (χ3n) is 4.28. The number of carbonyl (C=O) groups excluding carboxylic acids is 1. The van der Waals surface area contributed by atoms with Crippen LogP contribution in [-0.4, -0.2) is 26.0 Å². The molecule has 0 fully saturated rings. The maximum atomic E-state index is 12.1. The van der Waals surface area contributed by atoms with Crippen LogP contribution in [0.15, 0.2) is 55.0 Å². The van der Waals surface area contributed by atoms with E-state index in [4.69, 9.17) is 16.6 Å². The number of aryl methyl sites for hydroxylation is 1. The van der Waals surface area contributed by atoms with Crippen molar-refractivity contribution >= 4 is 28.9 Å². The Labute approximate surface area is 155 Å². The van der Waals surface area contributed by atoms with Gasteiger partial charge in [-0.15, -0.1) is 0 Å². The summed E-state index contributed by atoms with van der Waals surface area (Å²) in [5.74, 6) is 0. The van der Waals surface area contributed by atoms with E-state index in [9.17, 15) is 4.79 Å². The van der Waals surface area contributed by atoms with Gasteiger partial charge in [-0.1, -0.05) is 41.9 Å². The number of hydrogen-bond acceptors (Lipinski definition) is 4. The van der Waals surface area contributed by atoms with Crippen molar-refractivity contribution in [3.05, 3.63) is 65.6 Å². The van der Waals surface area contributed by atoms with Gasteiger partial charge in [0.05, 0.1) is 16.9 Å². The van der Waals surface area contributed by atoms with Gasteiger partial charge in [0.15, 0.2) is 11.9 Å².